The lowest BCUT2D eigenvalue weighted by molar-refractivity contribution is -0.136. The van der Waals surface area contributed by atoms with Gasteiger partial charge in [0.15, 0.2) is 4.96 Å². The van der Waals surface area contributed by atoms with Crippen LogP contribution in [0.3, 0.4) is 0 Å². The average molecular weight is 259 g/mol. The van der Waals surface area contributed by atoms with Crippen LogP contribution in [0.4, 0.5) is 0 Å². The number of hydrogen-bond donors (Lipinski definition) is 1. The minimum Gasteiger partial charge on any atom is -0.481 e. The maximum Gasteiger partial charge on any atom is 0.309 e. The number of carboxylic acid groups (broad SMARTS) is 1. The van der Waals surface area contributed by atoms with Gasteiger partial charge in [0, 0.05) is 23.3 Å². The molecule has 0 aliphatic rings. The number of hydrogen-bond acceptors (Lipinski definition) is 4. The Balaban J connectivity index is 2.18. The molecule has 1 N–H and O–H groups in total. The van der Waals surface area contributed by atoms with Crippen LogP contribution in [0.2, 0.25) is 0 Å². The minimum atomic E-state index is -0.858. The average Bonchev–Trinajstić information content (AvgIpc) is 2.93. The number of carboxylic acids is 1. The largest absolute Gasteiger partial charge is 0.481 e. The van der Waals surface area contributed by atoms with Crippen molar-refractivity contribution in [3.05, 3.63) is 41.8 Å². The Morgan fingerprint density at radius 2 is 2.17 bits per heavy atom. The highest BCUT2D eigenvalue weighted by Gasteiger charge is 2.13. The molecule has 3 aromatic rings. The van der Waals surface area contributed by atoms with Crippen molar-refractivity contribution < 1.29 is 9.90 Å². The number of aliphatic carboxylic acids is 1. The van der Waals surface area contributed by atoms with Gasteiger partial charge >= 0.3 is 5.97 Å². The second kappa shape index (κ2) is 4.23. The molecule has 0 saturated heterocycles. The molecule has 3 heterocycles. The first-order chi connectivity index (χ1) is 8.75. The van der Waals surface area contributed by atoms with Crippen LogP contribution < -0.4 is 0 Å². The van der Waals surface area contributed by atoms with E-state index in [1.807, 2.05) is 21.9 Å². The lowest BCUT2D eigenvalue weighted by Gasteiger charge is -2.02. The van der Waals surface area contributed by atoms with E-state index < -0.39 is 5.97 Å². The van der Waals surface area contributed by atoms with Gasteiger partial charge in [-0.15, -0.1) is 11.3 Å². The van der Waals surface area contributed by atoms with E-state index in [9.17, 15) is 4.79 Å². The first-order valence-corrected chi connectivity index (χ1v) is 6.19. The molecular weight excluding hydrogens is 250 g/mol. The monoisotopic (exact) mass is 259 g/mol. The number of rotatable bonds is 3. The molecular formula is C12H9N3O2S. The number of nitrogens with zero attached hydrogens (tertiary/aromatic N) is 3. The Bertz CT molecular complexity index is 703. The molecule has 0 amide bonds. The SMILES string of the molecule is O=C(O)Cc1cnc2scc(-c3ccncc3)n12. The van der Waals surface area contributed by atoms with Gasteiger partial charge in [0.05, 0.1) is 24.0 Å². The van der Waals surface area contributed by atoms with E-state index >= 15 is 0 Å². The van der Waals surface area contributed by atoms with Crippen LogP contribution in [-0.2, 0) is 11.2 Å². The fourth-order valence-electron chi connectivity index (χ4n) is 1.87. The van der Waals surface area contributed by atoms with Gasteiger partial charge in [-0.2, -0.15) is 0 Å². The third-order valence-corrected chi connectivity index (χ3v) is 3.47. The van der Waals surface area contributed by atoms with Crippen LogP contribution in [0, 0.1) is 0 Å². The van der Waals surface area contributed by atoms with Gasteiger partial charge in [0.2, 0.25) is 0 Å². The Morgan fingerprint density at radius 3 is 2.89 bits per heavy atom. The van der Waals surface area contributed by atoms with Gasteiger partial charge in [0.1, 0.15) is 0 Å². The van der Waals surface area contributed by atoms with Crippen molar-refractivity contribution in [2.24, 2.45) is 0 Å². The van der Waals surface area contributed by atoms with Crippen LogP contribution in [0.5, 0.6) is 0 Å². The van der Waals surface area contributed by atoms with Crippen molar-refractivity contribution in [2.75, 3.05) is 0 Å². The highest BCUT2D eigenvalue weighted by Crippen LogP contribution is 2.26. The zero-order valence-corrected chi connectivity index (χ0v) is 10.1. The van der Waals surface area contributed by atoms with Crippen LogP contribution in [-0.4, -0.2) is 25.4 Å². The van der Waals surface area contributed by atoms with Gasteiger partial charge in [-0.25, -0.2) is 4.98 Å². The smallest absolute Gasteiger partial charge is 0.309 e. The number of thiazole rings is 1. The summed E-state index contributed by atoms with van der Waals surface area (Å²) in [5.41, 5.74) is 2.64. The van der Waals surface area contributed by atoms with E-state index in [2.05, 4.69) is 9.97 Å². The molecule has 0 atom stereocenters. The number of carbonyl (C=O) groups is 1. The molecule has 6 heteroatoms. The summed E-state index contributed by atoms with van der Waals surface area (Å²) in [6.07, 6.45) is 5.01. The summed E-state index contributed by atoms with van der Waals surface area (Å²) in [7, 11) is 0. The quantitative estimate of drug-likeness (QED) is 0.782. The number of imidazole rings is 1. The molecule has 0 unspecified atom stereocenters. The van der Waals surface area contributed by atoms with E-state index in [4.69, 9.17) is 5.11 Å². The molecule has 0 fully saturated rings. The topological polar surface area (TPSA) is 67.5 Å². The van der Waals surface area contributed by atoms with Crippen molar-refractivity contribution in [3.8, 4) is 11.3 Å². The third-order valence-electron chi connectivity index (χ3n) is 2.63. The highest BCUT2D eigenvalue weighted by molar-refractivity contribution is 7.15. The molecule has 5 nitrogen and oxygen atoms in total. The summed E-state index contributed by atoms with van der Waals surface area (Å²) in [4.78, 5) is 19.8. The van der Waals surface area contributed by atoms with Gasteiger partial charge < -0.3 is 5.11 Å². The first kappa shape index (κ1) is 10.9. The van der Waals surface area contributed by atoms with Crippen molar-refractivity contribution in [1.29, 1.82) is 0 Å². The second-order valence-corrected chi connectivity index (χ2v) is 4.63. The molecule has 0 radical (unpaired) electrons. The molecule has 0 saturated carbocycles. The molecule has 0 spiro atoms. The first-order valence-electron chi connectivity index (χ1n) is 5.32. The van der Waals surface area contributed by atoms with Crippen molar-refractivity contribution in [2.45, 2.75) is 6.42 Å². The zero-order valence-electron chi connectivity index (χ0n) is 9.28. The second-order valence-electron chi connectivity index (χ2n) is 3.79. The molecule has 0 aliphatic heterocycles. The normalized spacial score (nSPS) is 10.9. The van der Waals surface area contributed by atoms with Gasteiger partial charge in [-0.1, -0.05) is 0 Å². The summed E-state index contributed by atoms with van der Waals surface area (Å²) in [5, 5.41) is 10.9. The van der Waals surface area contributed by atoms with Crippen molar-refractivity contribution in [3.63, 3.8) is 0 Å². The minimum absolute atomic E-state index is 0.0318. The van der Waals surface area contributed by atoms with Crippen molar-refractivity contribution >= 4 is 22.3 Å². The van der Waals surface area contributed by atoms with E-state index in [0.717, 1.165) is 16.2 Å². The number of aromatic nitrogens is 3. The summed E-state index contributed by atoms with van der Waals surface area (Å²) < 4.78 is 1.88. The van der Waals surface area contributed by atoms with E-state index in [-0.39, 0.29) is 6.42 Å². The van der Waals surface area contributed by atoms with E-state index in [1.165, 1.54) is 11.3 Å². The number of fused-ring (bicyclic) bond motifs is 1. The fraction of sp³-hybridized carbons (Fsp3) is 0.0833. The summed E-state index contributed by atoms with van der Waals surface area (Å²) >= 11 is 1.50. The van der Waals surface area contributed by atoms with Crippen LogP contribution in [0.25, 0.3) is 16.2 Å². The van der Waals surface area contributed by atoms with E-state index in [0.29, 0.717) is 5.69 Å². The molecule has 0 aliphatic carbocycles. The fourth-order valence-corrected chi connectivity index (χ4v) is 2.76. The standard InChI is InChI=1S/C12H9N3O2S/c16-11(17)5-9-6-14-12-15(9)10(7-18-12)8-1-3-13-4-2-8/h1-4,6-7H,5H2,(H,16,17). The third kappa shape index (κ3) is 1.76. The molecule has 90 valence electrons. The molecule has 0 aromatic carbocycles. The predicted molar refractivity (Wildman–Crippen MR) is 67.6 cm³/mol. The lowest BCUT2D eigenvalue weighted by Crippen LogP contribution is -2.03. The Kier molecular flexibility index (Phi) is 2.56. The lowest BCUT2D eigenvalue weighted by atomic mass is 10.2. The Labute approximate surface area is 106 Å². The van der Waals surface area contributed by atoms with Crippen molar-refractivity contribution in [1.82, 2.24) is 14.4 Å². The summed E-state index contributed by atoms with van der Waals surface area (Å²) in [5.74, 6) is -0.858. The Morgan fingerprint density at radius 1 is 1.39 bits per heavy atom. The van der Waals surface area contributed by atoms with E-state index in [1.54, 1.807) is 18.6 Å². The van der Waals surface area contributed by atoms with Crippen LogP contribution >= 0.6 is 11.3 Å². The summed E-state index contributed by atoms with van der Waals surface area (Å²) in [6.45, 7) is 0. The molecule has 0 bridgehead atoms. The van der Waals surface area contributed by atoms with Crippen LogP contribution in [0.15, 0.2) is 36.1 Å². The Hall–Kier alpha value is -2.21. The highest BCUT2D eigenvalue weighted by atomic mass is 32.1. The summed E-state index contributed by atoms with van der Waals surface area (Å²) in [6, 6.07) is 3.79. The molecule has 18 heavy (non-hydrogen) atoms. The van der Waals surface area contributed by atoms with Gasteiger partial charge in [0.25, 0.3) is 0 Å². The maximum atomic E-state index is 10.8. The zero-order chi connectivity index (χ0) is 12.5. The van der Waals surface area contributed by atoms with Gasteiger partial charge in [-0.05, 0) is 12.1 Å². The molecule has 3 rings (SSSR count). The van der Waals surface area contributed by atoms with Gasteiger partial charge in [-0.3, -0.25) is 14.2 Å². The van der Waals surface area contributed by atoms with Crippen LogP contribution in [0.1, 0.15) is 5.69 Å². The predicted octanol–water partition coefficient (Wildman–Crippen LogP) is 2.08. The maximum absolute atomic E-state index is 10.8. The molecule has 3 aromatic heterocycles. The number of pyridine rings is 1.